The zero-order chi connectivity index (χ0) is 18.0. The molecule has 1 saturated heterocycles. The van der Waals surface area contributed by atoms with Crippen LogP contribution in [0.5, 0.6) is 0 Å². The van der Waals surface area contributed by atoms with Gasteiger partial charge in [-0.15, -0.1) is 0 Å². The number of halogens is 2. The maximum Gasteiger partial charge on any atom is 0.274 e. The van der Waals surface area contributed by atoms with E-state index in [0.29, 0.717) is 36.3 Å². The van der Waals surface area contributed by atoms with Crippen LogP contribution >= 0.6 is 23.2 Å². The van der Waals surface area contributed by atoms with Gasteiger partial charge < -0.3 is 10.6 Å². The molecule has 1 fully saturated rings. The third-order valence-electron chi connectivity index (χ3n) is 4.21. The molecule has 0 saturated carbocycles. The first-order valence-electron chi connectivity index (χ1n) is 7.83. The Balaban J connectivity index is 1.64. The van der Waals surface area contributed by atoms with E-state index in [4.69, 9.17) is 28.9 Å². The van der Waals surface area contributed by atoms with E-state index in [1.165, 1.54) is 0 Å². The third kappa shape index (κ3) is 4.18. The standard InChI is InChI=1S/C16H18Cl2N6O/c1-23(9-14-20-6-4-13(19)22-14)10-5-7-24(8-10)16(25)15-11(17)2-3-12(18)21-15/h2-4,6,10H,5,7-9H2,1H3,(H2,19,20,22). The summed E-state index contributed by atoms with van der Waals surface area (Å²) in [6.07, 6.45) is 2.49. The van der Waals surface area contributed by atoms with Gasteiger partial charge in [0.25, 0.3) is 5.91 Å². The van der Waals surface area contributed by atoms with Crippen LogP contribution in [0.3, 0.4) is 0 Å². The first-order valence-corrected chi connectivity index (χ1v) is 8.58. The van der Waals surface area contributed by atoms with Crippen molar-refractivity contribution in [2.24, 2.45) is 0 Å². The molecule has 2 aromatic rings. The normalized spacial score (nSPS) is 17.3. The molecular formula is C16H18Cl2N6O. The molecule has 132 valence electrons. The number of carbonyl (C=O) groups excluding carboxylic acids is 1. The van der Waals surface area contributed by atoms with E-state index in [1.807, 2.05) is 7.05 Å². The van der Waals surface area contributed by atoms with Crippen molar-refractivity contribution < 1.29 is 4.79 Å². The summed E-state index contributed by atoms with van der Waals surface area (Å²) in [6, 6.07) is 5.00. The number of nitrogens with zero attached hydrogens (tertiary/aromatic N) is 5. The van der Waals surface area contributed by atoms with Crippen LogP contribution in [0.4, 0.5) is 5.82 Å². The fraction of sp³-hybridized carbons (Fsp3) is 0.375. The summed E-state index contributed by atoms with van der Waals surface area (Å²) in [7, 11) is 1.98. The fourth-order valence-corrected chi connectivity index (χ4v) is 3.18. The minimum absolute atomic E-state index is 0.191. The van der Waals surface area contributed by atoms with E-state index in [-0.39, 0.29) is 22.8 Å². The quantitative estimate of drug-likeness (QED) is 0.817. The fourth-order valence-electron chi connectivity index (χ4n) is 2.85. The smallest absolute Gasteiger partial charge is 0.274 e. The molecule has 7 nitrogen and oxygen atoms in total. The average Bonchev–Trinajstić information content (AvgIpc) is 3.06. The molecule has 0 radical (unpaired) electrons. The Morgan fingerprint density at radius 3 is 2.92 bits per heavy atom. The summed E-state index contributed by atoms with van der Waals surface area (Å²) in [5.74, 6) is 0.902. The largest absolute Gasteiger partial charge is 0.384 e. The molecule has 3 rings (SSSR count). The van der Waals surface area contributed by atoms with Crippen LogP contribution in [0.15, 0.2) is 24.4 Å². The number of anilines is 1. The lowest BCUT2D eigenvalue weighted by molar-refractivity contribution is 0.0773. The van der Waals surface area contributed by atoms with Crippen LogP contribution in [0, 0.1) is 0 Å². The number of nitrogens with two attached hydrogens (primary N) is 1. The van der Waals surface area contributed by atoms with Gasteiger partial charge in [0.05, 0.1) is 11.6 Å². The highest BCUT2D eigenvalue weighted by molar-refractivity contribution is 6.34. The molecule has 0 aliphatic carbocycles. The molecule has 1 amide bonds. The molecule has 3 heterocycles. The van der Waals surface area contributed by atoms with E-state index >= 15 is 0 Å². The van der Waals surface area contributed by atoms with Crippen molar-refractivity contribution in [3.05, 3.63) is 46.1 Å². The molecule has 0 spiro atoms. The minimum atomic E-state index is -0.205. The highest BCUT2D eigenvalue weighted by atomic mass is 35.5. The lowest BCUT2D eigenvalue weighted by Crippen LogP contribution is -2.36. The van der Waals surface area contributed by atoms with Gasteiger partial charge in [0.1, 0.15) is 22.5 Å². The number of nitrogen functional groups attached to an aromatic ring is 1. The lowest BCUT2D eigenvalue weighted by Gasteiger charge is -2.24. The van der Waals surface area contributed by atoms with Crippen molar-refractivity contribution in [3.63, 3.8) is 0 Å². The van der Waals surface area contributed by atoms with Crippen LogP contribution in [0.1, 0.15) is 22.7 Å². The lowest BCUT2D eigenvalue weighted by atomic mass is 10.2. The van der Waals surface area contributed by atoms with Gasteiger partial charge in [-0.05, 0) is 31.7 Å². The van der Waals surface area contributed by atoms with E-state index in [1.54, 1.807) is 29.3 Å². The summed E-state index contributed by atoms with van der Waals surface area (Å²) >= 11 is 12.0. The van der Waals surface area contributed by atoms with Crippen molar-refractivity contribution in [1.82, 2.24) is 24.8 Å². The summed E-state index contributed by atoms with van der Waals surface area (Å²) in [4.78, 5) is 29.0. The topological polar surface area (TPSA) is 88.2 Å². The number of hydrogen-bond acceptors (Lipinski definition) is 6. The van der Waals surface area contributed by atoms with Crippen LogP contribution in [0.2, 0.25) is 10.2 Å². The zero-order valence-corrected chi connectivity index (χ0v) is 15.2. The minimum Gasteiger partial charge on any atom is -0.384 e. The second-order valence-corrected chi connectivity index (χ2v) is 6.77. The number of hydrogen-bond donors (Lipinski definition) is 1. The Morgan fingerprint density at radius 2 is 2.16 bits per heavy atom. The maximum atomic E-state index is 12.7. The molecule has 0 bridgehead atoms. The van der Waals surface area contributed by atoms with Gasteiger partial charge in [-0.2, -0.15) is 0 Å². The number of likely N-dealkylation sites (tertiary alicyclic amines) is 1. The SMILES string of the molecule is CN(Cc1nccc(N)n1)C1CCN(C(=O)c2nc(Cl)ccc2Cl)C1. The number of rotatable bonds is 4. The second kappa shape index (κ2) is 7.51. The highest BCUT2D eigenvalue weighted by Gasteiger charge is 2.31. The number of aromatic nitrogens is 3. The highest BCUT2D eigenvalue weighted by Crippen LogP contribution is 2.22. The van der Waals surface area contributed by atoms with Crippen molar-refractivity contribution in [1.29, 1.82) is 0 Å². The Hall–Kier alpha value is -1.96. The van der Waals surface area contributed by atoms with Gasteiger partial charge in [0.2, 0.25) is 0 Å². The van der Waals surface area contributed by atoms with Gasteiger partial charge in [-0.25, -0.2) is 15.0 Å². The molecule has 1 atom stereocenters. The predicted molar refractivity (Wildman–Crippen MR) is 96.5 cm³/mol. The zero-order valence-electron chi connectivity index (χ0n) is 13.7. The van der Waals surface area contributed by atoms with Crippen LogP contribution in [-0.4, -0.2) is 56.8 Å². The molecule has 1 unspecified atom stereocenters. The Labute approximate surface area is 155 Å². The number of carbonyl (C=O) groups is 1. The van der Waals surface area contributed by atoms with Crippen molar-refractivity contribution in [3.8, 4) is 0 Å². The molecule has 25 heavy (non-hydrogen) atoms. The second-order valence-electron chi connectivity index (χ2n) is 5.97. The molecule has 2 N–H and O–H groups in total. The maximum absolute atomic E-state index is 12.7. The van der Waals surface area contributed by atoms with Gasteiger partial charge in [-0.1, -0.05) is 23.2 Å². The van der Waals surface area contributed by atoms with Crippen LogP contribution < -0.4 is 5.73 Å². The number of amides is 1. The van der Waals surface area contributed by atoms with E-state index in [9.17, 15) is 4.79 Å². The van der Waals surface area contributed by atoms with Gasteiger partial charge >= 0.3 is 0 Å². The average molecular weight is 381 g/mol. The first-order chi connectivity index (χ1) is 11.9. The molecule has 1 aliphatic rings. The summed E-state index contributed by atoms with van der Waals surface area (Å²) in [5, 5.41) is 0.554. The van der Waals surface area contributed by atoms with E-state index in [0.717, 1.165) is 6.42 Å². The van der Waals surface area contributed by atoms with Crippen LogP contribution in [0.25, 0.3) is 0 Å². The summed E-state index contributed by atoms with van der Waals surface area (Å²) in [6.45, 7) is 1.78. The van der Waals surface area contributed by atoms with Gasteiger partial charge in [-0.3, -0.25) is 9.69 Å². The van der Waals surface area contributed by atoms with Crippen molar-refractivity contribution in [2.45, 2.75) is 19.0 Å². The molecule has 0 aromatic carbocycles. The van der Waals surface area contributed by atoms with Crippen molar-refractivity contribution in [2.75, 3.05) is 25.9 Å². The van der Waals surface area contributed by atoms with Gasteiger partial charge in [0.15, 0.2) is 0 Å². The van der Waals surface area contributed by atoms with Crippen LogP contribution in [-0.2, 0) is 6.54 Å². The third-order valence-corrected chi connectivity index (χ3v) is 4.72. The van der Waals surface area contributed by atoms with E-state index in [2.05, 4.69) is 19.9 Å². The molecule has 9 heteroatoms. The summed E-state index contributed by atoms with van der Waals surface area (Å²) in [5.41, 5.74) is 5.88. The Kier molecular flexibility index (Phi) is 5.36. The van der Waals surface area contributed by atoms with Gasteiger partial charge in [0, 0.05) is 25.3 Å². The molecular weight excluding hydrogens is 363 g/mol. The number of likely N-dealkylation sites (N-methyl/N-ethyl adjacent to an activating group) is 1. The van der Waals surface area contributed by atoms with Crippen molar-refractivity contribution >= 4 is 34.9 Å². The summed E-state index contributed by atoms with van der Waals surface area (Å²) < 4.78 is 0. The predicted octanol–water partition coefficient (Wildman–Crippen LogP) is 2.11. The Bertz CT molecular complexity index is 787. The first kappa shape index (κ1) is 17.8. The molecule has 1 aliphatic heterocycles. The molecule has 2 aromatic heterocycles. The number of pyridine rings is 1. The monoisotopic (exact) mass is 380 g/mol. The van der Waals surface area contributed by atoms with E-state index < -0.39 is 0 Å². The Morgan fingerprint density at radius 1 is 1.36 bits per heavy atom.